The highest BCUT2D eigenvalue weighted by molar-refractivity contribution is 14.1. The zero-order chi connectivity index (χ0) is 33.4. The summed E-state index contributed by atoms with van der Waals surface area (Å²) in [5, 5.41) is 9.68. The summed E-state index contributed by atoms with van der Waals surface area (Å²) in [6, 6.07) is 26.1. The van der Waals surface area contributed by atoms with Gasteiger partial charge in [-0.3, -0.25) is 9.59 Å². The Kier molecular flexibility index (Phi) is 9.00. The normalized spacial score (nSPS) is 17.9. The van der Waals surface area contributed by atoms with Crippen LogP contribution in [-0.2, 0) is 29.1 Å². The number of furan rings is 1. The number of piperazine rings is 1. The molecule has 2 saturated heterocycles. The van der Waals surface area contributed by atoms with Gasteiger partial charge in [0, 0.05) is 28.5 Å². The van der Waals surface area contributed by atoms with Crippen LogP contribution in [0.25, 0.3) is 21.7 Å². The number of urea groups is 1. The first-order chi connectivity index (χ1) is 23.3. The number of hydrogen-bond donors (Lipinski definition) is 1. The van der Waals surface area contributed by atoms with Crippen molar-refractivity contribution < 1.29 is 18.8 Å². The van der Waals surface area contributed by atoms with E-state index in [4.69, 9.17) is 22.4 Å². The number of hydrogen-bond acceptors (Lipinski definition) is 5. The fourth-order valence-corrected chi connectivity index (χ4v) is 7.22. The molecule has 0 radical (unpaired) electrons. The minimum Gasteiger partial charge on any atom is -0.464 e. The second kappa shape index (κ2) is 13.5. The molecular formula is C37H31ClIN5O4. The molecule has 0 unspecified atom stereocenters. The average Bonchev–Trinajstić information content (AvgIpc) is 3.69. The van der Waals surface area contributed by atoms with Gasteiger partial charge in [0.15, 0.2) is 0 Å². The molecule has 0 aliphatic carbocycles. The first kappa shape index (κ1) is 32.0. The highest BCUT2D eigenvalue weighted by Gasteiger charge is 2.52. The zero-order valence-electron chi connectivity index (χ0n) is 25.8. The summed E-state index contributed by atoms with van der Waals surface area (Å²) in [4.78, 5) is 45.3. The predicted octanol–water partition coefficient (Wildman–Crippen LogP) is 6.03. The smallest absolute Gasteiger partial charge is 0.333 e. The molecule has 2 fully saturated rings. The van der Waals surface area contributed by atoms with E-state index in [0.717, 1.165) is 42.0 Å². The number of benzene rings is 4. The maximum atomic E-state index is 14.4. The maximum Gasteiger partial charge on any atom is 0.333 e. The highest BCUT2D eigenvalue weighted by Crippen LogP contribution is 2.32. The van der Waals surface area contributed by atoms with E-state index in [0.29, 0.717) is 18.0 Å². The summed E-state index contributed by atoms with van der Waals surface area (Å²) in [5.74, 6) is 2.19. The van der Waals surface area contributed by atoms with Crippen LogP contribution in [0.2, 0.25) is 5.02 Å². The Bertz CT molecular complexity index is 2090. The van der Waals surface area contributed by atoms with Crippen molar-refractivity contribution in [3.63, 3.8) is 0 Å². The van der Waals surface area contributed by atoms with E-state index in [1.54, 1.807) is 27.1 Å². The number of carbonyl (C=O) groups excluding carboxylic acids is 3. The molecule has 5 aromatic rings. The van der Waals surface area contributed by atoms with Crippen LogP contribution in [-0.4, -0.2) is 69.5 Å². The molecule has 9 nitrogen and oxygen atoms in total. The molecule has 4 amide bonds. The van der Waals surface area contributed by atoms with Gasteiger partial charge in [0.05, 0.1) is 30.9 Å². The number of hydrazine groups is 1. The van der Waals surface area contributed by atoms with Crippen molar-refractivity contribution in [2.45, 2.75) is 31.7 Å². The van der Waals surface area contributed by atoms with Gasteiger partial charge in [-0.2, -0.15) is 5.01 Å². The van der Waals surface area contributed by atoms with Crippen molar-refractivity contribution in [2.75, 3.05) is 19.6 Å². The maximum absolute atomic E-state index is 14.4. The average molecular weight is 772 g/mol. The van der Waals surface area contributed by atoms with Gasteiger partial charge in [-0.1, -0.05) is 72.1 Å². The molecule has 1 aromatic heterocycles. The van der Waals surface area contributed by atoms with E-state index < -0.39 is 18.2 Å². The summed E-state index contributed by atoms with van der Waals surface area (Å²) in [7, 11) is 0. The molecular weight excluding hydrogens is 741 g/mol. The van der Waals surface area contributed by atoms with Crippen molar-refractivity contribution in [3.8, 4) is 12.3 Å². The summed E-state index contributed by atoms with van der Waals surface area (Å²) >= 11 is 8.45. The van der Waals surface area contributed by atoms with Crippen LogP contribution < -0.4 is 5.32 Å². The minimum absolute atomic E-state index is 0.0595. The topological polar surface area (TPSA) is 89.3 Å². The summed E-state index contributed by atoms with van der Waals surface area (Å²) in [5.41, 5.74) is 3.47. The Morgan fingerprint density at radius 2 is 1.83 bits per heavy atom. The summed E-state index contributed by atoms with van der Waals surface area (Å²) in [6.45, 7) is 0.611. The molecule has 1 N–H and O–H groups in total. The molecule has 2 aliphatic heterocycles. The third-order valence-corrected chi connectivity index (χ3v) is 10.5. The van der Waals surface area contributed by atoms with Crippen LogP contribution in [0.5, 0.6) is 0 Å². The van der Waals surface area contributed by atoms with Gasteiger partial charge in [-0.05, 0) is 80.4 Å². The molecule has 0 spiro atoms. The van der Waals surface area contributed by atoms with Gasteiger partial charge in [0.2, 0.25) is 11.8 Å². The van der Waals surface area contributed by atoms with E-state index in [1.807, 2.05) is 78.9 Å². The van der Waals surface area contributed by atoms with E-state index in [1.165, 1.54) is 5.01 Å². The monoisotopic (exact) mass is 771 g/mol. The molecule has 2 aliphatic rings. The second-order valence-corrected chi connectivity index (χ2v) is 13.5. The van der Waals surface area contributed by atoms with Crippen LogP contribution in [0.1, 0.15) is 16.7 Å². The van der Waals surface area contributed by atoms with Gasteiger partial charge >= 0.3 is 6.03 Å². The Balaban J connectivity index is 1.20. The van der Waals surface area contributed by atoms with Crippen molar-refractivity contribution in [2.24, 2.45) is 0 Å². The van der Waals surface area contributed by atoms with E-state index in [2.05, 4.69) is 33.8 Å². The zero-order valence-corrected chi connectivity index (χ0v) is 28.7. The van der Waals surface area contributed by atoms with Crippen LogP contribution in [0.3, 0.4) is 0 Å². The third-order valence-electron chi connectivity index (χ3n) is 8.97. The van der Waals surface area contributed by atoms with E-state index in [9.17, 15) is 14.4 Å². The van der Waals surface area contributed by atoms with Crippen LogP contribution >= 0.6 is 34.2 Å². The lowest BCUT2D eigenvalue weighted by Gasteiger charge is -2.46. The van der Waals surface area contributed by atoms with E-state index in [-0.39, 0.29) is 38.0 Å². The molecule has 0 saturated carbocycles. The number of nitrogens with zero attached hydrogens (tertiary/aromatic N) is 4. The third kappa shape index (κ3) is 6.21. The lowest BCUT2D eigenvalue weighted by atomic mass is 9.98. The highest BCUT2D eigenvalue weighted by atomic mass is 127. The molecule has 3 heterocycles. The van der Waals surface area contributed by atoms with Gasteiger partial charge in [0.25, 0.3) is 0 Å². The lowest BCUT2D eigenvalue weighted by Crippen LogP contribution is -2.66. The van der Waals surface area contributed by atoms with Crippen molar-refractivity contribution in [1.29, 1.82) is 0 Å². The standard InChI is InChI=1S/C37H31ClIN5O4/c1-2-15-42(37(47)40-20-25-10-12-31(39)30(38)18-25)43-23-35(45)44-32(19-24-11-13-33-27(17-24)14-16-48-33)36(46)41(22-34(43)44)21-28-8-5-7-26-6-3-4-9-29(26)28/h1,3-14,16-18,32,34H,15,19-23H2,(H,40,47)/t32-,34+/m0/s1. The molecule has 2 atom stereocenters. The van der Waals surface area contributed by atoms with Gasteiger partial charge < -0.3 is 19.5 Å². The van der Waals surface area contributed by atoms with Crippen molar-refractivity contribution >= 4 is 73.8 Å². The number of terminal acetylenes is 1. The lowest BCUT2D eigenvalue weighted by molar-refractivity contribution is -0.157. The van der Waals surface area contributed by atoms with Crippen molar-refractivity contribution in [1.82, 2.24) is 25.1 Å². The van der Waals surface area contributed by atoms with Gasteiger partial charge in [-0.25, -0.2) is 9.80 Å². The molecule has 7 rings (SSSR count). The Labute approximate surface area is 296 Å². The molecule has 0 bridgehead atoms. The molecule has 4 aromatic carbocycles. The number of rotatable bonds is 8. The number of halogens is 2. The van der Waals surface area contributed by atoms with E-state index >= 15 is 0 Å². The molecule has 242 valence electrons. The number of amides is 4. The first-order valence-electron chi connectivity index (χ1n) is 15.5. The minimum atomic E-state index is -0.787. The van der Waals surface area contributed by atoms with Gasteiger partial charge in [0.1, 0.15) is 17.8 Å². The number of carbonyl (C=O) groups is 3. The quantitative estimate of drug-likeness (QED) is 0.154. The number of nitrogens with one attached hydrogen (secondary N) is 1. The fraction of sp³-hybridized carbons (Fsp3) is 0.216. The van der Waals surface area contributed by atoms with Crippen molar-refractivity contribution in [3.05, 3.63) is 116 Å². The molecule has 11 heteroatoms. The second-order valence-electron chi connectivity index (χ2n) is 11.9. The fourth-order valence-electron chi connectivity index (χ4n) is 6.68. The Morgan fingerprint density at radius 1 is 1.02 bits per heavy atom. The largest absolute Gasteiger partial charge is 0.464 e. The number of fused-ring (bicyclic) bond motifs is 3. The Morgan fingerprint density at radius 3 is 2.67 bits per heavy atom. The Hall–Kier alpha value is -4.57. The SMILES string of the molecule is C#CCN(C(=O)NCc1ccc(I)c(Cl)c1)N1CC(=O)N2[C@@H](Cc3ccc4occc4c3)C(=O)N(Cc3cccc4ccccc34)C[C@@H]21. The summed E-state index contributed by atoms with van der Waals surface area (Å²) < 4.78 is 6.43. The first-order valence-corrected chi connectivity index (χ1v) is 17.0. The van der Waals surface area contributed by atoms with Crippen LogP contribution in [0.4, 0.5) is 4.79 Å². The van der Waals surface area contributed by atoms with Gasteiger partial charge in [-0.15, -0.1) is 6.42 Å². The summed E-state index contributed by atoms with van der Waals surface area (Å²) in [6.07, 6.45) is 7.08. The van der Waals surface area contributed by atoms with Crippen LogP contribution in [0.15, 0.2) is 95.6 Å². The molecule has 48 heavy (non-hydrogen) atoms. The van der Waals surface area contributed by atoms with Crippen LogP contribution in [0, 0.1) is 15.9 Å². The predicted molar refractivity (Wildman–Crippen MR) is 192 cm³/mol.